The lowest BCUT2D eigenvalue weighted by atomic mass is 9.91. The van der Waals surface area contributed by atoms with E-state index >= 15 is 0 Å². The van der Waals surface area contributed by atoms with Crippen molar-refractivity contribution in [1.29, 1.82) is 0 Å². The Morgan fingerprint density at radius 2 is 1.86 bits per heavy atom. The lowest BCUT2D eigenvalue weighted by molar-refractivity contribution is 0.101. The highest BCUT2D eigenvalue weighted by Gasteiger charge is 2.25. The number of Topliss-reactive ketones (excluding diaryl/α,β-unsaturated/α-hetero) is 1. The van der Waals surface area contributed by atoms with Gasteiger partial charge in [0, 0.05) is 29.5 Å². The number of fused-ring (bicyclic) bond motifs is 1. The molecule has 0 saturated carbocycles. The van der Waals surface area contributed by atoms with E-state index in [1.165, 1.54) is 19.1 Å². The van der Waals surface area contributed by atoms with Crippen LogP contribution in [0.3, 0.4) is 0 Å². The smallest absolute Gasteiger partial charge is 0.394 e. The van der Waals surface area contributed by atoms with Gasteiger partial charge >= 0.3 is 10.4 Å². The normalized spacial score (nSPS) is 14.8. The van der Waals surface area contributed by atoms with Crippen molar-refractivity contribution in [2.75, 3.05) is 33.4 Å². The molecular weight excluding hydrogens is 495 g/mol. The van der Waals surface area contributed by atoms with Gasteiger partial charge in [-0.2, -0.15) is 8.42 Å². The van der Waals surface area contributed by atoms with Gasteiger partial charge in [-0.15, -0.1) is 0 Å². The number of hydrogen-bond acceptors (Lipinski definition) is 8. The quantitative estimate of drug-likeness (QED) is 0.251. The highest BCUT2D eigenvalue weighted by Crippen LogP contribution is 2.33. The molecule has 0 aliphatic carbocycles. The van der Waals surface area contributed by atoms with E-state index in [0.717, 1.165) is 50.0 Å². The summed E-state index contributed by atoms with van der Waals surface area (Å²) in [6.07, 6.45) is 2.90. The number of nitrogens with zero attached hydrogens (tertiary/aromatic N) is 2. The summed E-state index contributed by atoms with van der Waals surface area (Å²) in [7, 11) is -3.09. The number of piperidine rings is 1. The molecule has 1 aliphatic heterocycles. The van der Waals surface area contributed by atoms with Gasteiger partial charge in [0.1, 0.15) is 5.82 Å². The van der Waals surface area contributed by atoms with Crippen molar-refractivity contribution < 1.29 is 40.7 Å². The number of likely N-dealkylation sites (tertiary alicyclic amines) is 1. The van der Waals surface area contributed by atoms with Crippen molar-refractivity contribution in [3.05, 3.63) is 53.5 Å². The van der Waals surface area contributed by atoms with Crippen LogP contribution in [0.25, 0.3) is 11.0 Å². The highest BCUT2D eigenvalue weighted by molar-refractivity contribution is 7.79. The summed E-state index contributed by atoms with van der Waals surface area (Å²) in [5.74, 6) is 1.26. The summed E-state index contributed by atoms with van der Waals surface area (Å²) in [4.78, 5) is 13.9. The first-order chi connectivity index (χ1) is 17.0. The molecular formula is C24H29FN2O8S. The predicted molar refractivity (Wildman–Crippen MR) is 130 cm³/mol. The van der Waals surface area contributed by atoms with Crippen molar-refractivity contribution in [3.63, 3.8) is 0 Å². The maximum atomic E-state index is 13.4. The van der Waals surface area contributed by atoms with Crippen LogP contribution < -0.4 is 9.47 Å². The third-order valence-electron chi connectivity index (χ3n) is 5.88. The van der Waals surface area contributed by atoms with Crippen molar-refractivity contribution in [2.24, 2.45) is 0 Å². The lowest BCUT2D eigenvalue weighted by Crippen LogP contribution is -2.34. The lowest BCUT2D eigenvalue weighted by Gasteiger charge is -2.31. The van der Waals surface area contributed by atoms with Crippen LogP contribution in [0.4, 0.5) is 4.39 Å². The van der Waals surface area contributed by atoms with Gasteiger partial charge in [0.2, 0.25) is 0 Å². The van der Waals surface area contributed by atoms with E-state index < -0.39 is 10.4 Å². The van der Waals surface area contributed by atoms with Crippen LogP contribution in [0.15, 0.2) is 40.9 Å². The van der Waals surface area contributed by atoms with Crippen molar-refractivity contribution in [2.45, 2.75) is 32.1 Å². The van der Waals surface area contributed by atoms with Crippen LogP contribution in [0.2, 0.25) is 0 Å². The molecule has 1 fully saturated rings. The fourth-order valence-corrected chi connectivity index (χ4v) is 4.13. The zero-order chi connectivity index (χ0) is 26.3. The minimum Gasteiger partial charge on any atom is -0.493 e. The Hall–Kier alpha value is -3.06. The Bertz CT molecular complexity index is 1280. The van der Waals surface area contributed by atoms with E-state index in [9.17, 15) is 9.18 Å². The third kappa shape index (κ3) is 7.98. The first-order valence-corrected chi connectivity index (χ1v) is 12.7. The van der Waals surface area contributed by atoms with Gasteiger partial charge in [0.05, 0.1) is 19.4 Å². The fraction of sp³-hybridized carbons (Fsp3) is 0.417. The summed E-state index contributed by atoms with van der Waals surface area (Å²) in [5, 5.41) is 5.13. The number of benzene rings is 2. The second-order valence-electron chi connectivity index (χ2n) is 8.40. The van der Waals surface area contributed by atoms with Gasteiger partial charge in [0.15, 0.2) is 22.9 Å². The SMILES string of the molecule is COc1cc(C(C)=O)ccc1OCCCN1CCC(c2noc3cc(F)ccc23)CC1.O=S(=O)(O)O. The molecule has 0 amide bonds. The molecule has 1 saturated heterocycles. The molecule has 4 rings (SSSR count). The average molecular weight is 525 g/mol. The number of hydrogen-bond donors (Lipinski definition) is 2. The first kappa shape index (κ1) is 27.5. The van der Waals surface area contributed by atoms with E-state index in [2.05, 4.69) is 10.1 Å². The Morgan fingerprint density at radius 1 is 1.17 bits per heavy atom. The van der Waals surface area contributed by atoms with Crippen molar-refractivity contribution >= 4 is 27.2 Å². The molecule has 12 heteroatoms. The van der Waals surface area contributed by atoms with E-state index in [-0.39, 0.29) is 11.6 Å². The molecule has 0 atom stereocenters. The van der Waals surface area contributed by atoms with Crippen LogP contribution in [0.5, 0.6) is 11.5 Å². The van der Waals surface area contributed by atoms with Crippen LogP contribution in [-0.2, 0) is 10.4 Å². The molecule has 0 radical (unpaired) electrons. The summed E-state index contributed by atoms with van der Waals surface area (Å²) >= 11 is 0. The maximum absolute atomic E-state index is 13.4. The molecule has 0 bridgehead atoms. The molecule has 0 unspecified atom stereocenters. The number of rotatable bonds is 8. The molecule has 2 aromatic carbocycles. The highest BCUT2D eigenvalue weighted by atomic mass is 32.3. The minimum atomic E-state index is -4.67. The number of aromatic nitrogens is 1. The summed E-state index contributed by atoms with van der Waals surface area (Å²) in [6.45, 7) is 5.03. The zero-order valence-electron chi connectivity index (χ0n) is 20.0. The predicted octanol–water partition coefficient (Wildman–Crippen LogP) is 4.17. The Morgan fingerprint density at radius 3 is 2.50 bits per heavy atom. The first-order valence-electron chi connectivity index (χ1n) is 11.3. The molecule has 2 N–H and O–H groups in total. The van der Waals surface area contributed by atoms with Gasteiger partial charge in [-0.1, -0.05) is 5.16 Å². The van der Waals surface area contributed by atoms with Crippen LogP contribution in [0, 0.1) is 5.82 Å². The number of methoxy groups -OCH3 is 1. The van der Waals surface area contributed by atoms with E-state index in [1.807, 2.05) is 0 Å². The van der Waals surface area contributed by atoms with Crippen molar-refractivity contribution in [3.8, 4) is 11.5 Å². The van der Waals surface area contributed by atoms with E-state index in [4.69, 9.17) is 31.5 Å². The van der Waals surface area contributed by atoms with Crippen LogP contribution in [0.1, 0.15) is 48.2 Å². The molecule has 0 spiro atoms. The van der Waals surface area contributed by atoms with E-state index in [1.54, 1.807) is 31.4 Å². The number of carbonyl (C=O) groups excluding carboxylic acids is 1. The Labute approximate surface area is 208 Å². The fourth-order valence-electron chi connectivity index (χ4n) is 4.13. The van der Waals surface area contributed by atoms with Gasteiger partial charge < -0.3 is 18.9 Å². The van der Waals surface area contributed by atoms with Gasteiger partial charge in [0.25, 0.3) is 0 Å². The van der Waals surface area contributed by atoms with E-state index in [0.29, 0.717) is 35.2 Å². The average Bonchev–Trinajstić information content (AvgIpc) is 3.24. The second-order valence-corrected chi connectivity index (χ2v) is 9.29. The molecule has 1 aliphatic rings. The van der Waals surface area contributed by atoms with Gasteiger partial charge in [-0.3, -0.25) is 13.9 Å². The largest absolute Gasteiger partial charge is 0.493 e. The standard InChI is InChI=1S/C24H27FN2O4.H2O4S/c1-16(28)18-4-7-21(23(14-18)29-2)30-13-3-10-27-11-8-17(9-12-27)24-20-6-5-19(25)15-22(20)31-26-24;1-5(2,3)4/h4-7,14-15,17H,3,8-13H2,1-2H3;(H2,1,2,3,4). The Balaban J connectivity index is 0.000000658. The number of halogens is 1. The minimum absolute atomic E-state index is 0.000894. The number of carbonyl (C=O) groups is 1. The molecule has 2 heterocycles. The monoisotopic (exact) mass is 524 g/mol. The molecule has 10 nitrogen and oxygen atoms in total. The zero-order valence-corrected chi connectivity index (χ0v) is 20.8. The number of ether oxygens (including phenoxy) is 2. The summed E-state index contributed by atoms with van der Waals surface area (Å²) in [5.41, 5.74) is 2.07. The Kier molecular flexibility index (Phi) is 9.37. The van der Waals surface area contributed by atoms with Crippen LogP contribution in [-0.4, -0.2) is 66.7 Å². The topological polar surface area (TPSA) is 139 Å². The van der Waals surface area contributed by atoms with Gasteiger partial charge in [-0.25, -0.2) is 4.39 Å². The van der Waals surface area contributed by atoms with Gasteiger partial charge in [-0.05, 0) is 69.6 Å². The summed E-state index contributed by atoms with van der Waals surface area (Å²) < 4.78 is 61.5. The van der Waals surface area contributed by atoms with Crippen LogP contribution >= 0.6 is 0 Å². The molecule has 3 aromatic rings. The second kappa shape index (κ2) is 12.3. The maximum Gasteiger partial charge on any atom is 0.394 e. The van der Waals surface area contributed by atoms with Crippen molar-refractivity contribution in [1.82, 2.24) is 10.1 Å². The molecule has 196 valence electrons. The number of ketones is 1. The molecule has 36 heavy (non-hydrogen) atoms. The summed E-state index contributed by atoms with van der Waals surface area (Å²) in [6, 6.07) is 9.87. The molecule has 1 aromatic heterocycles. The third-order valence-corrected chi connectivity index (χ3v) is 5.88.